The van der Waals surface area contributed by atoms with E-state index in [2.05, 4.69) is 13.0 Å². The highest BCUT2D eigenvalue weighted by Crippen LogP contribution is 2.36. The van der Waals surface area contributed by atoms with Crippen LogP contribution in [0.1, 0.15) is 28.8 Å². The molecule has 114 valence electrons. The number of hydrogen-bond acceptors (Lipinski definition) is 1. The quantitative estimate of drug-likeness (QED) is 0.695. The van der Waals surface area contributed by atoms with Crippen LogP contribution in [0.4, 0.5) is 5.69 Å². The summed E-state index contributed by atoms with van der Waals surface area (Å²) < 4.78 is 2.01. The highest BCUT2D eigenvalue weighted by molar-refractivity contribution is 6.07. The molecule has 1 unspecified atom stereocenters. The Bertz CT molecular complexity index is 852. The van der Waals surface area contributed by atoms with E-state index in [-0.39, 0.29) is 5.91 Å². The first-order valence-electron chi connectivity index (χ1n) is 7.88. The number of benzene rings is 2. The van der Waals surface area contributed by atoms with Gasteiger partial charge in [-0.3, -0.25) is 4.79 Å². The Hall–Kier alpha value is -2.81. The van der Waals surface area contributed by atoms with Crippen molar-refractivity contribution in [2.24, 2.45) is 0 Å². The summed E-state index contributed by atoms with van der Waals surface area (Å²) in [6.45, 7) is 2.91. The van der Waals surface area contributed by atoms with Crippen molar-refractivity contribution in [2.75, 3.05) is 11.4 Å². The van der Waals surface area contributed by atoms with Gasteiger partial charge in [0, 0.05) is 41.8 Å². The number of para-hydroxylation sites is 1. The van der Waals surface area contributed by atoms with Crippen LogP contribution in [0.15, 0.2) is 73.1 Å². The van der Waals surface area contributed by atoms with Crippen LogP contribution in [0.2, 0.25) is 0 Å². The summed E-state index contributed by atoms with van der Waals surface area (Å²) in [4.78, 5) is 14.9. The van der Waals surface area contributed by atoms with Crippen molar-refractivity contribution in [3.63, 3.8) is 0 Å². The first kappa shape index (κ1) is 13.8. The van der Waals surface area contributed by atoms with Crippen molar-refractivity contribution in [1.82, 2.24) is 4.57 Å². The largest absolute Gasteiger partial charge is 0.324 e. The van der Waals surface area contributed by atoms with Gasteiger partial charge in [0.1, 0.15) is 0 Å². The standard InChI is InChI=1S/C20H18N2O/c1-15-14-22(19-10-3-2-9-18(15)19)20(23)16-7-6-8-17(13-16)21-11-4-5-12-21/h2-13,15H,14H2,1H3. The Morgan fingerprint density at radius 3 is 2.61 bits per heavy atom. The average molecular weight is 302 g/mol. The highest BCUT2D eigenvalue weighted by Gasteiger charge is 2.29. The van der Waals surface area contributed by atoms with Crippen molar-refractivity contribution in [2.45, 2.75) is 12.8 Å². The van der Waals surface area contributed by atoms with Crippen LogP contribution in [0.25, 0.3) is 5.69 Å². The predicted molar refractivity (Wildman–Crippen MR) is 92.3 cm³/mol. The van der Waals surface area contributed by atoms with Gasteiger partial charge in [-0.2, -0.15) is 0 Å². The Labute approximate surface area is 135 Å². The molecule has 3 nitrogen and oxygen atoms in total. The molecule has 2 aromatic carbocycles. The summed E-state index contributed by atoms with van der Waals surface area (Å²) in [5, 5.41) is 0. The van der Waals surface area contributed by atoms with E-state index >= 15 is 0 Å². The summed E-state index contributed by atoms with van der Waals surface area (Å²) >= 11 is 0. The number of hydrogen-bond donors (Lipinski definition) is 0. The van der Waals surface area contributed by atoms with Gasteiger partial charge in [-0.1, -0.05) is 31.2 Å². The molecule has 0 fully saturated rings. The highest BCUT2D eigenvalue weighted by atomic mass is 16.2. The molecule has 0 saturated heterocycles. The van der Waals surface area contributed by atoms with Crippen LogP contribution in [-0.2, 0) is 0 Å². The predicted octanol–water partition coefficient (Wildman–Crippen LogP) is 4.24. The minimum absolute atomic E-state index is 0.0656. The molecule has 0 radical (unpaired) electrons. The number of rotatable bonds is 2. The van der Waals surface area contributed by atoms with E-state index in [1.54, 1.807) is 0 Å². The summed E-state index contributed by atoms with van der Waals surface area (Å²) in [6.07, 6.45) is 3.97. The molecule has 0 aliphatic carbocycles. The fourth-order valence-electron chi connectivity index (χ4n) is 3.27. The maximum absolute atomic E-state index is 13.0. The van der Waals surface area contributed by atoms with Gasteiger partial charge in [-0.05, 0) is 42.0 Å². The minimum atomic E-state index is 0.0656. The zero-order chi connectivity index (χ0) is 15.8. The molecule has 1 aromatic heterocycles. The van der Waals surface area contributed by atoms with Gasteiger partial charge in [0.2, 0.25) is 0 Å². The lowest BCUT2D eigenvalue weighted by atomic mass is 10.0. The fourth-order valence-corrected chi connectivity index (χ4v) is 3.27. The molecule has 1 aliphatic heterocycles. The van der Waals surface area contributed by atoms with Crippen LogP contribution >= 0.6 is 0 Å². The molecule has 0 N–H and O–H groups in total. The summed E-state index contributed by atoms with van der Waals surface area (Å²) in [5.74, 6) is 0.443. The molecule has 1 amide bonds. The third-order valence-corrected chi connectivity index (χ3v) is 4.46. The fraction of sp³-hybridized carbons (Fsp3) is 0.150. The molecule has 23 heavy (non-hydrogen) atoms. The molecule has 4 rings (SSSR count). The minimum Gasteiger partial charge on any atom is -0.324 e. The Morgan fingerprint density at radius 2 is 1.78 bits per heavy atom. The monoisotopic (exact) mass is 302 g/mol. The first-order valence-corrected chi connectivity index (χ1v) is 7.88. The number of carbonyl (C=O) groups excluding carboxylic acids is 1. The SMILES string of the molecule is CC1CN(C(=O)c2cccc(-n3cccc3)c2)c2ccccc21. The van der Waals surface area contributed by atoms with E-state index in [0.717, 1.165) is 23.5 Å². The molecule has 2 heterocycles. The molecular weight excluding hydrogens is 284 g/mol. The van der Waals surface area contributed by atoms with Crippen LogP contribution in [0, 0.1) is 0 Å². The Balaban J connectivity index is 1.70. The van der Waals surface area contributed by atoms with E-state index in [1.165, 1.54) is 5.56 Å². The van der Waals surface area contributed by atoms with E-state index in [0.29, 0.717) is 5.92 Å². The van der Waals surface area contributed by atoms with Crippen LogP contribution in [-0.4, -0.2) is 17.0 Å². The van der Waals surface area contributed by atoms with E-state index < -0.39 is 0 Å². The number of carbonyl (C=O) groups is 1. The summed E-state index contributed by atoms with van der Waals surface area (Å²) in [7, 11) is 0. The van der Waals surface area contributed by atoms with Crippen molar-refractivity contribution in [3.05, 3.63) is 84.2 Å². The lowest BCUT2D eigenvalue weighted by Gasteiger charge is -2.18. The van der Waals surface area contributed by atoms with E-state index in [1.807, 2.05) is 76.5 Å². The Morgan fingerprint density at radius 1 is 1.00 bits per heavy atom. The average Bonchev–Trinajstić information content (AvgIpc) is 3.23. The lowest BCUT2D eigenvalue weighted by molar-refractivity contribution is 0.0988. The van der Waals surface area contributed by atoms with Gasteiger partial charge in [0.05, 0.1) is 0 Å². The van der Waals surface area contributed by atoms with E-state index in [9.17, 15) is 4.79 Å². The molecular formula is C20H18N2O. The molecule has 0 bridgehead atoms. The van der Waals surface area contributed by atoms with Gasteiger partial charge in [-0.15, -0.1) is 0 Å². The normalized spacial score (nSPS) is 16.4. The van der Waals surface area contributed by atoms with E-state index in [4.69, 9.17) is 0 Å². The van der Waals surface area contributed by atoms with Crippen LogP contribution in [0.5, 0.6) is 0 Å². The number of fused-ring (bicyclic) bond motifs is 1. The second-order valence-electron chi connectivity index (χ2n) is 6.02. The van der Waals surface area contributed by atoms with Crippen molar-refractivity contribution < 1.29 is 4.79 Å². The van der Waals surface area contributed by atoms with Gasteiger partial charge >= 0.3 is 0 Å². The number of nitrogens with zero attached hydrogens (tertiary/aromatic N) is 2. The first-order chi connectivity index (χ1) is 11.2. The van der Waals surface area contributed by atoms with Crippen molar-refractivity contribution >= 4 is 11.6 Å². The second-order valence-corrected chi connectivity index (χ2v) is 6.02. The third kappa shape index (κ3) is 2.34. The maximum Gasteiger partial charge on any atom is 0.258 e. The number of amides is 1. The molecule has 1 aliphatic rings. The lowest BCUT2D eigenvalue weighted by Crippen LogP contribution is -2.29. The molecule has 0 saturated carbocycles. The molecule has 0 spiro atoms. The van der Waals surface area contributed by atoms with Crippen LogP contribution in [0.3, 0.4) is 0 Å². The topological polar surface area (TPSA) is 25.2 Å². The summed E-state index contributed by atoms with van der Waals surface area (Å²) in [5.41, 5.74) is 4.01. The molecule has 3 aromatic rings. The number of aromatic nitrogens is 1. The smallest absolute Gasteiger partial charge is 0.258 e. The maximum atomic E-state index is 13.0. The van der Waals surface area contributed by atoms with Gasteiger partial charge in [-0.25, -0.2) is 0 Å². The van der Waals surface area contributed by atoms with Crippen molar-refractivity contribution in [1.29, 1.82) is 0 Å². The molecule has 1 atom stereocenters. The second kappa shape index (κ2) is 5.43. The van der Waals surface area contributed by atoms with Gasteiger partial charge < -0.3 is 9.47 Å². The van der Waals surface area contributed by atoms with Crippen LogP contribution < -0.4 is 4.90 Å². The zero-order valence-corrected chi connectivity index (χ0v) is 13.0. The molecule has 3 heteroatoms. The van der Waals surface area contributed by atoms with Gasteiger partial charge in [0.25, 0.3) is 5.91 Å². The Kier molecular flexibility index (Phi) is 3.27. The summed E-state index contributed by atoms with van der Waals surface area (Å²) in [6, 6.07) is 19.9. The van der Waals surface area contributed by atoms with Gasteiger partial charge in [0.15, 0.2) is 0 Å². The number of anilines is 1. The van der Waals surface area contributed by atoms with Crippen molar-refractivity contribution in [3.8, 4) is 5.69 Å². The third-order valence-electron chi connectivity index (χ3n) is 4.46. The zero-order valence-electron chi connectivity index (χ0n) is 13.0.